The fourth-order valence-electron chi connectivity index (χ4n) is 2.01. The van der Waals surface area contributed by atoms with E-state index in [9.17, 15) is 4.79 Å². The van der Waals surface area contributed by atoms with Gasteiger partial charge in [-0.15, -0.1) is 10.2 Å². The van der Waals surface area contributed by atoms with Gasteiger partial charge in [-0.05, 0) is 18.2 Å². The molecular weight excluding hydrogens is 296 g/mol. The number of halogens is 1. The fourth-order valence-corrected chi connectivity index (χ4v) is 2.71. The molecule has 5 nitrogen and oxygen atoms in total. The van der Waals surface area contributed by atoms with E-state index in [1.807, 2.05) is 35.0 Å². The van der Waals surface area contributed by atoms with Gasteiger partial charge in [0, 0.05) is 35.1 Å². The summed E-state index contributed by atoms with van der Waals surface area (Å²) in [7, 11) is 0. The maximum Gasteiger partial charge on any atom is 0.227 e. The van der Waals surface area contributed by atoms with Crippen molar-refractivity contribution in [3.8, 4) is 0 Å². The highest BCUT2D eigenvalue weighted by molar-refractivity contribution is 7.13. The number of carbonyl (C=O) groups excluding carboxylic acids is 1. The Bertz CT molecular complexity index is 738. The lowest BCUT2D eigenvalue weighted by Crippen LogP contribution is -2.14. The smallest absolute Gasteiger partial charge is 0.227 e. The van der Waals surface area contributed by atoms with Crippen LogP contribution in [0.1, 0.15) is 6.42 Å². The number of hydrogen-bond acceptors (Lipinski definition) is 4. The highest BCUT2D eigenvalue weighted by Crippen LogP contribution is 2.24. The molecule has 0 fully saturated rings. The third-order valence-corrected chi connectivity index (χ3v) is 3.88. The van der Waals surface area contributed by atoms with Crippen LogP contribution in [-0.4, -0.2) is 20.7 Å². The molecule has 3 aromatic rings. The molecule has 2 aromatic heterocycles. The van der Waals surface area contributed by atoms with Crippen molar-refractivity contribution >= 4 is 44.9 Å². The van der Waals surface area contributed by atoms with Gasteiger partial charge in [-0.2, -0.15) is 0 Å². The van der Waals surface area contributed by atoms with Crippen molar-refractivity contribution in [3.05, 3.63) is 41.0 Å². The van der Waals surface area contributed by atoms with E-state index in [2.05, 4.69) is 15.5 Å². The zero-order chi connectivity index (χ0) is 13.9. The van der Waals surface area contributed by atoms with E-state index >= 15 is 0 Å². The number of amides is 1. The Morgan fingerprint density at radius 3 is 3.10 bits per heavy atom. The van der Waals surface area contributed by atoms with Gasteiger partial charge in [0.1, 0.15) is 5.51 Å². The number of aromatic nitrogens is 3. The standard InChI is InChI=1S/C13H11ClN4OS/c14-10-2-1-3-11-9(10)4-6-18(11)7-5-12(19)16-13-17-15-8-20-13/h1-4,6,8H,5,7H2,(H,16,17,19). The predicted octanol–water partition coefficient (Wildman–Crippen LogP) is 3.18. The average Bonchev–Trinajstić information content (AvgIpc) is 3.06. The summed E-state index contributed by atoms with van der Waals surface area (Å²) in [6.45, 7) is 0.592. The maximum atomic E-state index is 11.8. The Kier molecular flexibility index (Phi) is 3.66. The van der Waals surface area contributed by atoms with E-state index < -0.39 is 0 Å². The van der Waals surface area contributed by atoms with E-state index in [1.165, 1.54) is 11.3 Å². The Balaban J connectivity index is 1.68. The third-order valence-electron chi connectivity index (χ3n) is 2.95. The molecule has 102 valence electrons. The Hall–Kier alpha value is -1.92. The van der Waals surface area contributed by atoms with Gasteiger partial charge in [0.05, 0.1) is 0 Å². The molecule has 0 spiro atoms. The molecule has 0 aliphatic heterocycles. The Labute approximate surface area is 124 Å². The zero-order valence-corrected chi connectivity index (χ0v) is 12.0. The van der Waals surface area contributed by atoms with Crippen LogP contribution in [0.2, 0.25) is 5.02 Å². The van der Waals surface area contributed by atoms with Crippen LogP contribution >= 0.6 is 22.9 Å². The Morgan fingerprint density at radius 2 is 2.30 bits per heavy atom. The van der Waals surface area contributed by atoms with Crippen LogP contribution in [0, 0.1) is 0 Å². The molecule has 0 saturated heterocycles. The molecule has 1 amide bonds. The van der Waals surface area contributed by atoms with Crippen molar-refractivity contribution in [1.29, 1.82) is 0 Å². The summed E-state index contributed by atoms with van der Waals surface area (Å²) in [4.78, 5) is 11.8. The van der Waals surface area contributed by atoms with E-state index in [4.69, 9.17) is 11.6 Å². The first-order valence-corrected chi connectivity index (χ1v) is 7.29. The van der Waals surface area contributed by atoms with E-state index in [0.29, 0.717) is 18.1 Å². The maximum absolute atomic E-state index is 11.8. The summed E-state index contributed by atoms with van der Waals surface area (Å²) in [6.07, 6.45) is 2.31. The van der Waals surface area contributed by atoms with Crippen LogP contribution in [0.3, 0.4) is 0 Å². The van der Waals surface area contributed by atoms with Crippen LogP contribution in [0.4, 0.5) is 5.13 Å². The summed E-state index contributed by atoms with van der Waals surface area (Å²) in [5, 5.41) is 12.4. The second kappa shape index (κ2) is 5.60. The molecule has 20 heavy (non-hydrogen) atoms. The van der Waals surface area contributed by atoms with Gasteiger partial charge in [-0.1, -0.05) is 29.0 Å². The van der Waals surface area contributed by atoms with Gasteiger partial charge in [0.2, 0.25) is 11.0 Å². The number of hydrogen-bond donors (Lipinski definition) is 1. The normalized spacial score (nSPS) is 10.8. The fraction of sp³-hybridized carbons (Fsp3) is 0.154. The van der Waals surface area contributed by atoms with E-state index in [0.717, 1.165) is 15.9 Å². The first-order chi connectivity index (χ1) is 9.74. The predicted molar refractivity (Wildman–Crippen MR) is 80.1 cm³/mol. The topological polar surface area (TPSA) is 59.8 Å². The van der Waals surface area contributed by atoms with E-state index in [-0.39, 0.29) is 5.91 Å². The number of carbonyl (C=O) groups is 1. The van der Waals surface area contributed by atoms with Crippen LogP contribution in [0.5, 0.6) is 0 Å². The molecule has 1 aromatic carbocycles. The zero-order valence-electron chi connectivity index (χ0n) is 10.4. The Morgan fingerprint density at radius 1 is 1.40 bits per heavy atom. The van der Waals surface area contributed by atoms with Crippen LogP contribution in [-0.2, 0) is 11.3 Å². The molecule has 2 heterocycles. The number of anilines is 1. The first-order valence-electron chi connectivity index (χ1n) is 6.03. The lowest BCUT2D eigenvalue weighted by atomic mass is 10.2. The van der Waals surface area contributed by atoms with Crippen molar-refractivity contribution in [2.45, 2.75) is 13.0 Å². The van der Waals surface area contributed by atoms with Crippen molar-refractivity contribution in [1.82, 2.24) is 14.8 Å². The minimum atomic E-state index is -0.0781. The summed E-state index contributed by atoms with van der Waals surface area (Å²) >= 11 is 7.42. The minimum absolute atomic E-state index is 0.0781. The molecule has 3 rings (SSSR count). The number of benzene rings is 1. The minimum Gasteiger partial charge on any atom is -0.347 e. The largest absolute Gasteiger partial charge is 0.347 e. The first kappa shape index (κ1) is 13.1. The molecule has 0 saturated carbocycles. The molecular formula is C13H11ClN4OS. The van der Waals surface area contributed by atoms with Crippen LogP contribution in [0.15, 0.2) is 36.0 Å². The number of fused-ring (bicyclic) bond motifs is 1. The highest BCUT2D eigenvalue weighted by atomic mass is 35.5. The van der Waals surface area contributed by atoms with Gasteiger partial charge in [0.15, 0.2) is 0 Å². The van der Waals surface area contributed by atoms with Gasteiger partial charge in [-0.3, -0.25) is 4.79 Å². The third kappa shape index (κ3) is 2.66. The molecule has 0 unspecified atom stereocenters. The lowest BCUT2D eigenvalue weighted by Gasteiger charge is -2.05. The van der Waals surface area contributed by atoms with E-state index in [1.54, 1.807) is 5.51 Å². The molecule has 0 bridgehead atoms. The lowest BCUT2D eigenvalue weighted by molar-refractivity contribution is -0.116. The monoisotopic (exact) mass is 306 g/mol. The highest BCUT2D eigenvalue weighted by Gasteiger charge is 2.07. The molecule has 0 atom stereocenters. The SMILES string of the molecule is O=C(CCn1ccc2c(Cl)cccc21)Nc1nncs1. The molecule has 0 radical (unpaired) electrons. The van der Waals surface area contributed by atoms with Gasteiger partial charge < -0.3 is 9.88 Å². The van der Waals surface area contributed by atoms with Crippen molar-refractivity contribution in [3.63, 3.8) is 0 Å². The van der Waals surface area contributed by atoms with Gasteiger partial charge >= 0.3 is 0 Å². The number of rotatable bonds is 4. The summed E-state index contributed by atoms with van der Waals surface area (Å²) < 4.78 is 2.01. The van der Waals surface area contributed by atoms with Crippen LogP contribution < -0.4 is 5.32 Å². The van der Waals surface area contributed by atoms with Crippen molar-refractivity contribution < 1.29 is 4.79 Å². The molecule has 1 N–H and O–H groups in total. The number of nitrogens with zero attached hydrogens (tertiary/aromatic N) is 3. The van der Waals surface area contributed by atoms with Gasteiger partial charge in [-0.25, -0.2) is 0 Å². The van der Waals surface area contributed by atoms with Crippen LogP contribution in [0.25, 0.3) is 10.9 Å². The average molecular weight is 307 g/mol. The summed E-state index contributed by atoms with van der Waals surface area (Å²) in [6, 6.07) is 7.71. The second-order valence-corrected chi connectivity index (χ2v) is 5.46. The van der Waals surface area contributed by atoms with Crippen molar-refractivity contribution in [2.75, 3.05) is 5.32 Å². The summed E-state index contributed by atoms with van der Waals surface area (Å²) in [5.74, 6) is -0.0781. The second-order valence-electron chi connectivity index (χ2n) is 4.22. The molecule has 0 aliphatic rings. The molecule has 0 aliphatic carbocycles. The quantitative estimate of drug-likeness (QED) is 0.805. The van der Waals surface area contributed by atoms with Gasteiger partial charge in [0.25, 0.3) is 0 Å². The number of aryl methyl sites for hydroxylation is 1. The number of nitrogens with one attached hydrogen (secondary N) is 1. The summed E-state index contributed by atoms with van der Waals surface area (Å²) in [5.41, 5.74) is 2.61. The van der Waals surface area contributed by atoms with Crippen molar-refractivity contribution in [2.24, 2.45) is 0 Å². The molecule has 7 heteroatoms.